The summed E-state index contributed by atoms with van der Waals surface area (Å²) in [6.45, 7) is 4.72. The van der Waals surface area contributed by atoms with Crippen molar-refractivity contribution in [1.82, 2.24) is 4.90 Å². The quantitative estimate of drug-likeness (QED) is 0.759. The summed E-state index contributed by atoms with van der Waals surface area (Å²) in [5.41, 5.74) is 0.635. The van der Waals surface area contributed by atoms with Gasteiger partial charge in [-0.2, -0.15) is 0 Å². The summed E-state index contributed by atoms with van der Waals surface area (Å²) in [5, 5.41) is 2.81. The van der Waals surface area contributed by atoms with E-state index in [2.05, 4.69) is 12.2 Å². The number of amides is 2. The van der Waals surface area contributed by atoms with Crippen molar-refractivity contribution in [1.29, 1.82) is 0 Å². The van der Waals surface area contributed by atoms with Crippen molar-refractivity contribution in [3.8, 4) is 11.5 Å². The molecule has 1 rings (SSSR count). The summed E-state index contributed by atoms with van der Waals surface area (Å²) in [4.78, 5) is 25.3. The van der Waals surface area contributed by atoms with Gasteiger partial charge in [-0.1, -0.05) is 13.3 Å². The Morgan fingerprint density at radius 2 is 1.83 bits per heavy atom. The number of methoxy groups -OCH3 is 2. The summed E-state index contributed by atoms with van der Waals surface area (Å²) in [6.07, 6.45) is 2.22. The Kier molecular flexibility index (Phi) is 7.94. The molecule has 0 spiro atoms. The van der Waals surface area contributed by atoms with Crippen molar-refractivity contribution in [3.63, 3.8) is 0 Å². The number of carbonyl (C=O) groups excluding carboxylic acids is 2. The maximum atomic E-state index is 12.0. The normalized spacial score (nSPS) is 10.1. The van der Waals surface area contributed by atoms with Crippen molar-refractivity contribution in [3.05, 3.63) is 18.2 Å². The molecule has 0 aromatic heterocycles. The standard InChI is InChI=1S/C17H26N2O4/c1-5-6-10-19(13(2)20)11-9-17(21)18-14-7-8-15(22-3)16(12-14)23-4/h7-8,12H,5-6,9-11H2,1-4H3,(H,18,21). The van der Waals surface area contributed by atoms with Crippen LogP contribution in [0, 0.1) is 0 Å². The van der Waals surface area contributed by atoms with Gasteiger partial charge in [0.15, 0.2) is 11.5 Å². The maximum Gasteiger partial charge on any atom is 0.226 e. The molecule has 6 heteroatoms. The van der Waals surface area contributed by atoms with Crippen LogP contribution in [0.5, 0.6) is 11.5 Å². The fraction of sp³-hybridized carbons (Fsp3) is 0.529. The molecule has 1 N–H and O–H groups in total. The summed E-state index contributed by atoms with van der Waals surface area (Å²) < 4.78 is 10.4. The lowest BCUT2D eigenvalue weighted by Gasteiger charge is -2.20. The third kappa shape index (κ3) is 6.18. The number of rotatable bonds is 9. The highest BCUT2D eigenvalue weighted by atomic mass is 16.5. The first kappa shape index (κ1) is 18.8. The fourth-order valence-electron chi connectivity index (χ4n) is 2.15. The van der Waals surface area contributed by atoms with E-state index in [4.69, 9.17) is 9.47 Å². The van der Waals surface area contributed by atoms with Gasteiger partial charge < -0.3 is 19.7 Å². The first-order valence-corrected chi connectivity index (χ1v) is 7.79. The molecule has 0 bridgehead atoms. The lowest BCUT2D eigenvalue weighted by molar-refractivity contribution is -0.129. The van der Waals surface area contributed by atoms with Crippen molar-refractivity contribution in [2.45, 2.75) is 33.1 Å². The van der Waals surface area contributed by atoms with Gasteiger partial charge in [0, 0.05) is 38.2 Å². The Hall–Kier alpha value is -2.24. The Bertz CT molecular complexity index is 531. The predicted octanol–water partition coefficient (Wildman–Crippen LogP) is 2.68. The Morgan fingerprint density at radius 1 is 1.13 bits per heavy atom. The molecule has 0 radical (unpaired) electrons. The number of benzene rings is 1. The average Bonchev–Trinajstić information content (AvgIpc) is 2.54. The van der Waals surface area contributed by atoms with Gasteiger partial charge in [0.25, 0.3) is 0 Å². The number of ether oxygens (including phenoxy) is 2. The number of nitrogens with zero attached hydrogens (tertiary/aromatic N) is 1. The van der Waals surface area contributed by atoms with Crippen LogP contribution in [0.3, 0.4) is 0 Å². The topological polar surface area (TPSA) is 67.9 Å². The zero-order valence-corrected chi connectivity index (χ0v) is 14.3. The van der Waals surface area contributed by atoms with Gasteiger partial charge >= 0.3 is 0 Å². The number of hydrogen-bond acceptors (Lipinski definition) is 4. The van der Waals surface area contributed by atoms with E-state index in [9.17, 15) is 9.59 Å². The van der Waals surface area contributed by atoms with Gasteiger partial charge in [-0.3, -0.25) is 9.59 Å². The summed E-state index contributed by atoms with van der Waals surface area (Å²) >= 11 is 0. The van der Waals surface area contributed by atoms with E-state index >= 15 is 0 Å². The molecule has 128 valence electrons. The van der Waals surface area contributed by atoms with Gasteiger partial charge in [0.05, 0.1) is 14.2 Å². The fourth-order valence-corrected chi connectivity index (χ4v) is 2.15. The number of carbonyl (C=O) groups is 2. The van der Waals surface area contributed by atoms with Crippen LogP contribution in [0.2, 0.25) is 0 Å². The van der Waals surface area contributed by atoms with Crippen LogP contribution in [0.25, 0.3) is 0 Å². The zero-order valence-electron chi connectivity index (χ0n) is 14.3. The molecule has 6 nitrogen and oxygen atoms in total. The highest BCUT2D eigenvalue weighted by Crippen LogP contribution is 2.29. The summed E-state index contributed by atoms with van der Waals surface area (Å²) in [5.74, 6) is 1.02. The van der Waals surface area contributed by atoms with Crippen molar-refractivity contribution >= 4 is 17.5 Å². The molecule has 2 amide bonds. The van der Waals surface area contributed by atoms with Gasteiger partial charge in [-0.15, -0.1) is 0 Å². The predicted molar refractivity (Wildman–Crippen MR) is 90.0 cm³/mol. The monoisotopic (exact) mass is 322 g/mol. The highest BCUT2D eigenvalue weighted by Gasteiger charge is 2.12. The molecule has 0 aliphatic rings. The van der Waals surface area contributed by atoms with Crippen LogP contribution < -0.4 is 14.8 Å². The number of hydrogen-bond donors (Lipinski definition) is 1. The van der Waals surface area contributed by atoms with Gasteiger partial charge in [0.2, 0.25) is 11.8 Å². The smallest absolute Gasteiger partial charge is 0.226 e. The average molecular weight is 322 g/mol. The summed E-state index contributed by atoms with van der Waals surface area (Å²) in [6, 6.07) is 5.19. The lowest BCUT2D eigenvalue weighted by Crippen LogP contribution is -2.32. The van der Waals surface area contributed by atoms with E-state index < -0.39 is 0 Å². The largest absolute Gasteiger partial charge is 0.493 e. The molecule has 1 aromatic rings. The van der Waals surface area contributed by atoms with Gasteiger partial charge in [-0.05, 0) is 18.6 Å². The number of anilines is 1. The second kappa shape index (κ2) is 9.71. The maximum absolute atomic E-state index is 12.0. The third-order valence-electron chi connectivity index (χ3n) is 3.50. The van der Waals surface area contributed by atoms with Crippen LogP contribution in [-0.2, 0) is 9.59 Å². The second-order valence-corrected chi connectivity index (χ2v) is 5.23. The Labute approximate surface area is 137 Å². The van der Waals surface area contributed by atoms with Crippen molar-refractivity contribution < 1.29 is 19.1 Å². The minimum Gasteiger partial charge on any atom is -0.493 e. The van der Waals surface area contributed by atoms with Gasteiger partial charge in [0.1, 0.15) is 0 Å². The molecule has 0 saturated heterocycles. The van der Waals surface area contributed by atoms with Crippen LogP contribution in [-0.4, -0.2) is 44.0 Å². The molecule has 0 atom stereocenters. The minimum atomic E-state index is -0.139. The molecule has 23 heavy (non-hydrogen) atoms. The molecule has 0 fully saturated rings. The molecular weight excluding hydrogens is 296 g/mol. The molecule has 0 saturated carbocycles. The molecule has 0 unspecified atom stereocenters. The van der Waals surface area contributed by atoms with E-state index in [0.29, 0.717) is 30.3 Å². The number of unbranched alkanes of at least 4 members (excludes halogenated alkanes) is 1. The molecular formula is C17H26N2O4. The minimum absolute atomic E-state index is 0.00244. The SMILES string of the molecule is CCCCN(CCC(=O)Nc1ccc(OC)c(OC)c1)C(C)=O. The molecule has 0 aliphatic heterocycles. The molecule has 0 aliphatic carbocycles. The van der Waals surface area contributed by atoms with Crippen LogP contribution in [0.15, 0.2) is 18.2 Å². The van der Waals surface area contributed by atoms with E-state index in [-0.39, 0.29) is 18.2 Å². The number of nitrogens with one attached hydrogen (secondary N) is 1. The molecule has 0 heterocycles. The Balaban J connectivity index is 2.57. The highest BCUT2D eigenvalue weighted by molar-refractivity contribution is 5.91. The van der Waals surface area contributed by atoms with E-state index in [0.717, 1.165) is 12.8 Å². The van der Waals surface area contributed by atoms with Crippen LogP contribution >= 0.6 is 0 Å². The van der Waals surface area contributed by atoms with E-state index in [1.807, 2.05) is 0 Å². The zero-order chi connectivity index (χ0) is 17.2. The van der Waals surface area contributed by atoms with Gasteiger partial charge in [-0.25, -0.2) is 0 Å². The Morgan fingerprint density at radius 3 is 2.39 bits per heavy atom. The second-order valence-electron chi connectivity index (χ2n) is 5.23. The van der Waals surface area contributed by atoms with Crippen molar-refractivity contribution in [2.75, 3.05) is 32.6 Å². The lowest BCUT2D eigenvalue weighted by atomic mass is 10.2. The first-order chi connectivity index (χ1) is 11.0. The van der Waals surface area contributed by atoms with Crippen molar-refractivity contribution in [2.24, 2.45) is 0 Å². The van der Waals surface area contributed by atoms with E-state index in [1.54, 1.807) is 37.3 Å². The summed E-state index contributed by atoms with van der Waals surface area (Å²) in [7, 11) is 3.10. The van der Waals surface area contributed by atoms with E-state index in [1.165, 1.54) is 6.92 Å². The van der Waals surface area contributed by atoms with Crippen LogP contribution in [0.4, 0.5) is 5.69 Å². The third-order valence-corrected chi connectivity index (χ3v) is 3.50. The van der Waals surface area contributed by atoms with Crippen LogP contribution in [0.1, 0.15) is 33.1 Å². The molecule has 1 aromatic carbocycles. The first-order valence-electron chi connectivity index (χ1n) is 7.79.